The molecule has 1 saturated heterocycles. The summed E-state index contributed by atoms with van der Waals surface area (Å²) in [6.45, 7) is 6.62. The first-order valence-electron chi connectivity index (χ1n) is 12.8. The first-order valence-corrected chi connectivity index (χ1v) is 12.8. The average molecular weight is 476 g/mol. The van der Waals surface area contributed by atoms with Gasteiger partial charge in [-0.05, 0) is 95.5 Å². The molecule has 190 valence electrons. The Bertz CT molecular complexity index is 826. The van der Waals surface area contributed by atoms with E-state index in [1.165, 1.54) is 25.3 Å². The molecule has 1 aliphatic carbocycles. The van der Waals surface area contributed by atoms with Crippen molar-refractivity contribution in [2.45, 2.75) is 71.3 Å². The molecule has 0 bridgehead atoms. The third-order valence-corrected chi connectivity index (χ3v) is 7.31. The zero-order valence-corrected chi connectivity index (χ0v) is 21.4. The number of amides is 2. The molecule has 0 atom stereocenters. The van der Waals surface area contributed by atoms with Crippen molar-refractivity contribution in [1.82, 2.24) is 15.1 Å². The molecule has 1 N–H and O–H groups in total. The Balaban J connectivity index is 1.31. The van der Waals surface area contributed by atoms with E-state index < -0.39 is 5.82 Å². The number of carbonyl (C=O) groups excluding carboxylic acids is 2. The van der Waals surface area contributed by atoms with Crippen LogP contribution in [-0.2, 0) is 11.2 Å². The van der Waals surface area contributed by atoms with Gasteiger partial charge in [-0.15, -0.1) is 0 Å². The highest BCUT2D eigenvalue weighted by atomic mass is 19.1. The molecule has 1 aromatic carbocycles. The molecule has 2 aliphatic rings. The summed E-state index contributed by atoms with van der Waals surface area (Å²) >= 11 is 0. The van der Waals surface area contributed by atoms with Crippen LogP contribution in [0.1, 0.15) is 74.7 Å². The number of likely N-dealkylation sites (tertiary alicyclic amines) is 1. The number of piperidine rings is 1. The smallest absolute Gasteiger partial charge is 0.410 e. The van der Waals surface area contributed by atoms with Gasteiger partial charge in [0.15, 0.2) is 0 Å². The highest BCUT2D eigenvalue weighted by Crippen LogP contribution is 2.54. The van der Waals surface area contributed by atoms with E-state index in [9.17, 15) is 14.0 Å². The molecule has 34 heavy (non-hydrogen) atoms. The third-order valence-electron chi connectivity index (χ3n) is 7.31. The Kier molecular flexibility index (Phi) is 9.34. The molecule has 0 radical (unpaired) electrons. The van der Waals surface area contributed by atoms with E-state index in [1.807, 2.05) is 43.8 Å². The van der Waals surface area contributed by atoms with Crippen molar-refractivity contribution in [3.63, 3.8) is 0 Å². The molecule has 0 aromatic heterocycles. The quantitative estimate of drug-likeness (QED) is 0.491. The van der Waals surface area contributed by atoms with Crippen LogP contribution in [0.4, 0.5) is 9.18 Å². The minimum atomic E-state index is -0.440. The van der Waals surface area contributed by atoms with Gasteiger partial charge in [-0.25, -0.2) is 9.18 Å². The molecule has 1 aliphatic heterocycles. The van der Waals surface area contributed by atoms with Gasteiger partial charge in [0.1, 0.15) is 5.82 Å². The molecule has 0 unspecified atom stereocenters. The molecule has 1 heterocycles. The predicted molar refractivity (Wildman–Crippen MR) is 132 cm³/mol. The molecule has 1 spiro atoms. The van der Waals surface area contributed by atoms with Gasteiger partial charge in [-0.2, -0.15) is 0 Å². The van der Waals surface area contributed by atoms with Crippen LogP contribution in [0.25, 0.3) is 0 Å². The van der Waals surface area contributed by atoms with Crippen molar-refractivity contribution >= 4 is 12.0 Å². The standard InChI is InChI=1S/C27H42FN3O3/c1-20(2)34-26(33)31-14-11-27(12-15-31)18-22(19-27)8-6-5-7-21-9-10-23(24(28)17-21)25(32)29-13-16-30(3)4/h9-10,17,20,22H,5-8,11-16,18-19H2,1-4H3,(H,29,32). The summed E-state index contributed by atoms with van der Waals surface area (Å²) in [5, 5.41) is 2.76. The highest BCUT2D eigenvalue weighted by molar-refractivity contribution is 5.94. The maximum atomic E-state index is 14.4. The topological polar surface area (TPSA) is 61.9 Å². The van der Waals surface area contributed by atoms with Crippen molar-refractivity contribution in [1.29, 1.82) is 0 Å². The van der Waals surface area contributed by atoms with Gasteiger partial charge in [-0.3, -0.25) is 4.79 Å². The minimum Gasteiger partial charge on any atom is -0.447 e. The number of likely N-dealkylation sites (N-methyl/N-ethyl adjacent to an activating group) is 1. The van der Waals surface area contributed by atoms with Gasteiger partial charge in [-0.1, -0.05) is 18.9 Å². The van der Waals surface area contributed by atoms with Crippen molar-refractivity contribution in [3.8, 4) is 0 Å². The summed E-state index contributed by atoms with van der Waals surface area (Å²) < 4.78 is 19.7. The van der Waals surface area contributed by atoms with Crippen molar-refractivity contribution in [2.24, 2.45) is 11.3 Å². The van der Waals surface area contributed by atoms with Gasteiger partial charge in [0.05, 0.1) is 11.7 Å². The lowest BCUT2D eigenvalue weighted by molar-refractivity contribution is -0.0196. The van der Waals surface area contributed by atoms with Crippen LogP contribution in [0.3, 0.4) is 0 Å². The van der Waals surface area contributed by atoms with Crippen LogP contribution in [0.5, 0.6) is 0 Å². The fraction of sp³-hybridized carbons (Fsp3) is 0.704. The van der Waals surface area contributed by atoms with E-state index in [0.29, 0.717) is 12.0 Å². The Labute approximate surface area is 204 Å². The Morgan fingerprint density at radius 2 is 1.91 bits per heavy atom. The number of hydrogen-bond acceptors (Lipinski definition) is 4. The summed E-state index contributed by atoms with van der Waals surface area (Å²) in [7, 11) is 3.86. The van der Waals surface area contributed by atoms with E-state index in [1.54, 1.807) is 6.07 Å². The number of nitrogens with zero attached hydrogens (tertiary/aromatic N) is 2. The summed E-state index contributed by atoms with van der Waals surface area (Å²) in [4.78, 5) is 28.1. The monoisotopic (exact) mass is 475 g/mol. The number of nitrogens with one attached hydrogen (secondary N) is 1. The number of hydrogen-bond donors (Lipinski definition) is 1. The lowest BCUT2D eigenvalue weighted by Gasteiger charge is -2.52. The minimum absolute atomic E-state index is 0.0662. The lowest BCUT2D eigenvalue weighted by Crippen LogP contribution is -2.49. The molecule has 7 heteroatoms. The zero-order valence-electron chi connectivity index (χ0n) is 21.4. The number of rotatable bonds is 10. The van der Waals surface area contributed by atoms with Crippen LogP contribution in [0.15, 0.2) is 18.2 Å². The van der Waals surface area contributed by atoms with E-state index in [4.69, 9.17) is 4.74 Å². The summed E-state index contributed by atoms with van der Waals surface area (Å²) in [5.74, 6) is -0.0176. The number of unbranched alkanes of at least 4 members (excludes halogenated alkanes) is 1. The van der Waals surface area contributed by atoms with Gasteiger partial charge in [0, 0.05) is 26.2 Å². The van der Waals surface area contributed by atoms with Crippen LogP contribution in [0.2, 0.25) is 0 Å². The highest BCUT2D eigenvalue weighted by Gasteiger charge is 2.45. The molecule has 2 amide bonds. The third kappa shape index (κ3) is 7.42. The zero-order chi connectivity index (χ0) is 24.7. The molecular formula is C27H42FN3O3. The summed E-state index contributed by atoms with van der Waals surface area (Å²) in [6.07, 6.45) is 8.71. The molecule has 1 aromatic rings. The Hall–Kier alpha value is -2.15. The molecule has 1 saturated carbocycles. The Morgan fingerprint density at radius 1 is 1.21 bits per heavy atom. The molecular weight excluding hydrogens is 433 g/mol. The van der Waals surface area contributed by atoms with E-state index in [-0.39, 0.29) is 23.7 Å². The fourth-order valence-corrected chi connectivity index (χ4v) is 5.37. The van der Waals surface area contributed by atoms with Crippen molar-refractivity contribution in [3.05, 3.63) is 35.1 Å². The molecule has 3 rings (SSSR count). The first kappa shape index (κ1) is 26.5. The van der Waals surface area contributed by atoms with E-state index in [0.717, 1.165) is 63.2 Å². The van der Waals surface area contributed by atoms with E-state index >= 15 is 0 Å². The number of aryl methyl sites for hydroxylation is 1. The van der Waals surface area contributed by atoms with Crippen LogP contribution in [0, 0.1) is 17.2 Å². The van der Waals surface area contributed by atoms with Crippen molar-refractivity contribution < 1.29 is 18.7 Å². The fourth-order valence-electron chi connectivity index (χ4n) is 5.37. The second kappa shape index (κ2) is 12.0. The summed E-state index contributed by atoms with van der Waals surface area (Å²) in [5.41, 5.74) is 1.50. The maximum Gasteiger partial charge on any atom is 0.410 e. The largest absolute Gasteiger partial charge is 0.447 e. The number of carbonyl (C=O) groups is 2. The SMILES string of the molecule is CC(C)OC(=O)N1CCC2(CC1)CC(CCCCc1ccc(C(=O)NCCN(C)C)c(F)c1)C2. The van der Waals surface area contributed by atoms with Crippen LogP contribution in [-0.4, -0.2) is 68.2 Å². The van der Waals surface area contributed by atoms with Gasteiger partial charge < -0.3 is 19.9 Å². The van der Waals surface area contributed by atoms with Crippen molar-refractivity contribution in [2.75, 3.05) is 40.3 Å². The normalized spacial score (nSPS) is 17.8. The lowest BCUT2D eigenvalue weighted by atomic mass is 9.56. The van der Waals surface area contributed by atoms with Gasteiger partial charge in [0.2, 0.25) is 0 Å². The Morgan fingerprint density at radius 3 is 2.53 bits per heavy atom. The number of ether oxygens (including phenoxy) is 1. The second-order valence-corrected chi connectivity index (χ2v) is 10.8. The maximum absolute atomic E-state index is 14.4. The number of benzene rings is 1. The first-order chi connectivity index (χ1) is 16.2. The van der Waals surface area contributed by atoms with Gasteiger partial charge >= 0.3 is 6.09 Å². The molecule has 2 fully saturated rings. The summed E-state index contributed by atoms with van der Waals surface area (Å²) in [6, 6.07) is 4.99. The molecule has 6 nitrogen and oxygen atoms in total. The average Bonchev–Trinajstić information content (AvgIpc) is 2.75. The van der Waals surface area contributed by atoms with Gasteiger partial charge in [0.25, 0.3) is 5.91 Å². The van der Waals surface area contributed by atoms with Crippen LogP contribution >= 0.6 is 0 Å². The number of halogens is 1. The van der Waals surface area contributed by atoms with E-state index in [2.05, 4.69) is 5.32 Å². The second-order valence-electron chi connectivity index (χ2n) is 10.8. The predicted octanol–water partition coefficient (Wildman–Crippen LogP) is 4.87. The van der Waals surface area contributed by atoms with Crippen LogP contribution < -0.4 is 5.32 Å².